The number of benzene rings is 2. The summed E-state index contributed by atoms with van der Waals surface area (Å²) in [7, 11) is 1.46. The van der Waals surface area contributed by atoms with Crippen molar-refractivity contribution in [3.63, 3.8) is 0 Å². The zero-order valence-corrected chi connectivity index (χ0v) is 16.6. The van der Waals surface area contributed by atoms with Gasteiger partial charge in [-0.05, 0) is 47.7 Å². The molecule has 0 saturated carbocycles. The molecular weight excluding hydrogens is 368 g/mol. The molecule has 0 aliphatic heterocycles. The number of aromatic hydroxyl groups is 1. The summed E-state index contributed by atoms with van der Waals surface area (Å²) in [5.74, 6) is 0.570. The first kappa shape index (κ1) is 20.1. The third-order valence-corrected chi connectivity index (χ3v) is 4.30. The first-order valence-corrected chi connectivity index (χ1v) is 9.31. The van der Waals surface area contributed by atoms with E-state index in [4.69, 9.17) is 4.74 Å². The van der Waals surface area contributed by atoms with Crippen molar-refractivity contribution < 1.29 is 14.6 Å². The van der Waals surface area contributed by atoms with Crippen LogP contribution >= 0.6 is 0 Å². The van der Waals surface area contributed by atoms with Crippen LogP contribution in [0.2, 0.25) is 0 Å². The van der Waals surface area contributed by atoms with E-state index in [1.165, 1.54) is 25.0 Å². The minimum Gasteiger partial charge on any atom is -0.504 e. The van der Waals surface area contributed by atoms with Crippen molar-refractivity contribution in [1.82, 2.24) is 15.6 Å². The maximum Gasteiger partial charge on any atom is 0.289 e. The van der Waals surface area contributed by atoms with Crippen molar-refractivity contribution in [1.29, 1.82) is 0 Å². The Bertz CT molecular complexity index is 1010. The summed E-state index contributed by atoms with van der Waals surface area (Å²) in [6.07, 6.45) is 2.49. The fourth-order valence-corrected chi connectivity index (χ4v) is 2.87. The number of ether oxygens (including phenoxy) is 1. The number of aromatic amines is 1. The minimum absolute atomic E-state index is 0.0379. The van der Waals surface area contributed by atoms with Gasteiger partial charge < -0.3 is 9.84 Å². The molecule has 3 rings (SSSR count). The van der Waals surface area contributed by atoms with E-state index in [9.17, 15) is 9.90 Å². The summed E-state index contributed by atoms with van der Waals surface area (Å²) in [6.45, 7) is 4.38. The third-order valence-electron chi connectivity index (χ3n) is 4.30. The fourth-order valence-electron chi connectivity index (χ4n) is 2.87. The molecule has 7 heteroatoms. The Balaban J connectivity index is 1.63. The number of hydrogen-bond donors (Lipinski definition) is 3. The van der Waals surface area contributed by atoms with Gasteiger partial charge in [-0.1, -0.05) is 38.1 Å². The van der Waals surface area contributed by atoms with Gasteiger partial charge in [-0.2, -0.15) is 10.2 Å². The summed E-state index contributed by atoms with van der Waals surface area (Å²) in [5.41, 5.74) is 6.34. The number of carbonyl (C=O) groups excluding carboxylic acids is 1. The van der Waals surface area contributed by atoms with Gasteiger partial charge in [0.05, 0.1) is 19.0 Å². The van der Waals surface area contributed by atoms with Crippen molar-refractivity contribution in [3.8, 4) is 22.8 Å². The second-order valence-electron chi connectivity index (χ2n) is 7.09. The molecule has 29 heavy (non-hydrogen) atoms. The highest BCUT2D eigenvalue weighted by atomic mass is 16.5. The lowest BCUT2D eigenvalue weighted by atomic mass is 10.0. The molecular formula is C22H24N4O3. The molecule has 0 aliphatic carbocycles. The lowest BCUT2D eigenvalue weighted by Gasteiger charge is -2.05. The molecule has 0 aliphatic rings. The number of amides is 1. The zero-order chi connectivity index (χ0) is 20.8. The lowest BCUT2D eigenvalue weighted by molar-refractivity contribution is 0.0950. The van der Waals surface area contributed by atoms with Crippen molar-refractivity contribution in [2.24, 2.45) is 11.0 Å². The summed E-state index contributed by atoms with van der Waals surface area (Å²) in [4.78, 5) is 12.3. The first-order valence-electron chi connectivity index (χ1n) is 9.31. The monoisotopic (exact) mass is 392 g/mol. The number of carbonyl (C=O) groups is 1. The Labute approximate surface area is 169 Å². The van der Waals surface area contributed by atoms with Gasteiger partial charge in [-0.3, -0.25) is 9.89 Å². The highest BCUT2D eigenvalue weighted by Crippen LogP contribution is 2.25. The summed E-state index contributed by atoms with van der Waals surface area (Å²) >= 11 is 0. The van der Waals surface area contributed by atoms with Crippen LogP contribution in [0.4, 0.5) is 0 Å². The molecule has 2 aromatic carbocycles. The standard InChI is InChI=1S/C22H24N4O3/c1-14(2)10-15-4-7-17(8-5-15)18-12-19(25-24-18)22(28)26-23-13-16-6-9-20(27)21(11-16)29-3/h4-9,11-14,27H,10H2,1-3H3,(H,24,25)(H,26,28)/b23-13-. The van der Waals surface area contributed by atoms with Crippen LogP contribution in [0.5, 0.6) is 11.5 Å². The topological polar surface area (TPSA) is 99.6 Å². The van der Waals surface area contributed by atoms with Crippen LogP contribution in [0, 0.1) is 5.92 Å². The number of aromatic nitrogens is 2. The maximum absolute atomic E-state index is 12.3. The third kappa shape index (κ3) is 5.22. The number of phenols is 1. The molecule has 3 aromatic rings. The van der Waals surface area contributed by atoms with E-state index < -0.39 is 5.91 Å². The minimum atomic E-state index is -0.401. The normalized spacial score (nSPS) is 11.2. The average molecular weight is 392 g/mol. The van der Waals surface area contributed by atoms with E-state index in [2.05, 4.69) is 46.7 Å². The number of nitrogens with one attached hydrogen (secondary N) is 2. The number of nitrogens with zero attached hydrogens (tertiary/aromatic N) is 2. The predicted octanol–water partition coefficient (Wildman–Crippen LogP) is 3.75. The number of phenolic OH excluding ortho intramolecular Hbond substituents is 1. The maximum atomic E-state index is 12.3. The number of rotatable bonds is 7. The Morgan fingerprint density at radius 3 is 2.69 bits per heavy atom. The molecule has 1 aromatic heterocycles. The fraction of sp³-hybridized carbons (Fsp3) is 0.227. The molecule has 150 valence electrons. The highest BCUT2D eigenvalue weighted by Gasteiger charge is 2.11. The van der Waals surface area contributed by atoms with E-state index in [1.807, 2.05) is 12.1 Å². The van der Waals surface area contributed by atoms with E-state index >= 15 is 0 Å². The van der Waals surface area contributed by atoms with Crippen LogP contribution in [0.25, 0.3) is 11.3 Å². The van der Waals surface area contributed by atoms with Gasteiger partial charge in [0.2, 0.25) is 0 Å². The van der Waals surface area contributed by atoms with E-state index in [-0.39, 0.29) is 5.75 Å². The number of hydrogen-bond acceptors (Lipinski definition) is 5. The number of H-pyrrole nitrogens is 1. The number of hydrazone groups is 1. The Kier molecular flexibility index (Phi) is 6.29. The predicted molar refractivity (Wildman–Crippen MR) is 112 cm³/mol. The van der Waals surface area contributed by atoms with E-state index in [0.29, 0.717) is 28.6 Å². The van der Waals surface area contributed by atoms with Gasteiger partial charge in [-0.15, -0.1) is 0 Å². The molecule has 0 spiro atoms. The van der Waals surface area contributed by atoms with Gasteiger partial charge in [-0.25, -0.2) is 5.43 Å². The van der Waals surface area contributed by atoms with Crippen molar-refractivity contribution in [2.45, 2.75) is 20.3 Å². The molecule has 0 atom stereocenters. The molecule has 0 saturated heterocycles. The van der Waals surface area contributed by atoms with Gasteiger partial charge >= 0.3 is 0 Å². The van der Waals surface area contributed by atoms with Crippen LogP contribution in [0.3, 0.4) is 0 Å². The van der Waals surface area contributed by atoms with Gasteiger partial charge in [0.15, 0.2) is 11.5 Å². The van der Waals surface area contributed by atoms with Crippen molar-refractivity contribution >= 4 is 12.1 Å². The summed E-state index contributed by atoms with van der Waals surface area (Å²) in [5, 5.41) is 20.5. The Morgan fingerprint density at radius 2 is 2.00 bits per heavy atom. The average Bonchev–Trinajstić information content (AvgIpc) is 3.19. The van der Waals surface area contributed by atoms with Gasteiger partial charge in [0.1, 0.15) is 5.69 Å². The SMILES string of the molecule is COc1cc(/C=N\NC(=O)c2cc(-c3ccc(CC(C)C)cc3)n[nH]2)ccc1O. The van der Waals surface area contributed by atoms with Crippen molar-refractivity contribution in [2.75, 3.05) is 7.11 Å². The van der Waals surface area contributed by atoms with Gasteiger partial charge in [0.25, 0.3) is 5.91 Å². The molecule has 7 nitrogen and oxygen atoms in total. The van der Waals surface area contributed by atoms with Crippen LogP contribution in [0.1, 0.15) is 35.5 Å². The molecule has 0 unspecified atom stereocenters. The highest BCUT2D eigenvalue weighted by molar-refractivity contribution is 5.94. The van der Waals surface area contributed by atoms with E-state index in [0.717, 1.165) is 12.0 Å². The molecule has 0 fully saturated rings. The zero-order valence-electron chi connectivity index (χ0n) is 16.6. The van der Waals surface area contributed by atoms with Crippen molar-refractivity contribution in [3.05, 3.63) is 65.4 Å². The largest absolute Gasteiger partial charge is 0.504 e. The molecule has 3 N–H and O–H groups in total. The summed E-state index contributed by atoms with van der Waals surface area (Å²) in [6, 6.07) is 14.6. The first-order chi connectivity index (χ1) is 14.0. The second kappa shape index (κ2) is 9.05. The van der Waals surface area contributed by atoms with Crippen LogP contribution in [-0.2, 0) is 6.42 Å². The quantitative estimate of drug-likeness (QED) is 0.421. The molecule has 1 heterocycles. The smallest absolute Gasteiger partial charge is 0.289 e. The van der Waals surface area contributed by atoms with Gasteiger partial charge in [0, 0.05) is 5.56 Å². The molecule has 0 bridgehead atoms. The van der Waals surface area contributed by atoms with Crippen LogP contribution in [0.15, 0.2) is 53.6 Å². The Hall–Kier alpha value is -3.61. The second-order valence-corrected chi connectivity index (χ2v) is 7.09. The van der Waals surface area contributed by atoms with Crippen LogP contribution in [-0.4, -0.2) is 34.5 Å². The summed E-state index contributed by atoms with van der Waals surface area (Å²) < 4.78 is 5.04. The van der Waals surface area contributed by atoms with E-state index in [1.54, 1.807) is 18.2 Å². The Morgan fingerprint density at radius 1 is 1.24 bits per heavy atom. The van der Waals surface area contributed by atoms with Crippen LogP contribution < -0.4 is 10.2 Å². The number of methoxy groups -OCH3 is 1. The molecule has 1 amide bonds. The lowest BCUT2D eigenvalue weighted by Crippen LogP contribution is -2.18. The molecule has 0 radical (unpaired) electrons.